The highest BCUT2D eigenvalue weighted by atomic mass is 35.5. The molecular formula is C16H24ClFN2O. The van der Waals surface area contributed by atoms with Gasteiger partial charge in [-0.3, -0.25) is 4.90 Å². The lowest BCUT2D eigenvalue weighted by molar-refractivity contribution is -0.187. The Morgan fingerprint density at radius 1 is 1.24 bits per heavy atom. The fourth-order valence-corrected chi connectivity index (χ4v) is 3.56. The molecule has 1 aliphatic rings. The minimum absolute atomic E-state index is 0.0688. The fourth-order valence-electron chi connectivity index (χ4n) is 3.33. The molecule has 1 saturated heterocycles. The summed E-state index contributed by atoms with van der Waals surface area (Å²) in [6.07, 6.45) is 0. The average Bonchev–Trinajstić information content (AvgIpc) is 2.23. The fraction of sp³-hybridized carbons (Fsp3) is 0.625. The predicted octanol–water partition coefficient (Wildman–Crippen LogP) is 3.37. The molecule has 2 N–H and O–H groups in total. The number of nitrogens with zero attached hydrogens (tertiary/aromatic N) is 1. The van der Waals surface area contributed by atoms with Crippen LogP contribution in [0.25, 0.3) is 0 Å². The van der Waals surface area contributed by atoms with E-state index in [1.165, 1.54) is 12.1 Å². The maximum Gasteiger partial charge on any atom is 0.125 e. The Bertz CT molecular complexity index is 483. The Balaban J connectivity index is 2.32. The third-order valence-corrected chi connectivity index (χ3v) is 3.87. The number of nitrogens with two attached hydrogens (primary N) is 1. The van der Waals surface area contributed by atoms with Crippen molar-refractivity contribution >= 4 is 11.6 Å². The van der Waals surface area contributed by atoms with Gasteiger partial charge in [-0.05, 0) is 51.5 Å². The molecule has 0 aliphatic carbocycles. The second kappa shape index (κ2) is 5.84. The van der Waals surface area contributed by atoms with Crippen molar-refractivity contribution in [3.63, 3.8) is 0 Å². The van der Waals surface area contributed by atoms with Crippen LogP contribution in [0.4, 0.5) is 4.39 Å². The molecule has 21 heavy (non-hydrogen) atoms. The summed E-state index contributed by atoms with van der Waals surface area (Å²) in [5, 5.41) is 0.398. The topological polar surface area (TPSA) is 38.5 Å². The van der Waals surface area contributed by atoms with E-state index < -0.39 is 0 Å². The molecule has 1 unspecified atom stereocenters. The van der Waals surface area contributed by atoms with Gasteiger partial charge in [0.25, 0.3) is 0 Å². The third-order valence-electron chi connectivity index (χ3n) is 3.65. The molecule has 0 spiro atoms. The number of benzene rings is 1. The van der Waals surface area contributed by atoms with Crippen molar-refractivity contribution in [2.45, 2.75) is 44.9 Å². The van der Waals surface area contributed by atoms with Gasteiger partial charge in [0.05, 0.1) is 11.2 Å². The van der Waals surface area contributed by atoms with Crippen LogP contribution >= 0.6 is 11.6 Å². The number of ether oxygens (including phenoxy) is 1. The highest BCUT2D eigenvalue weighted by Gasteiger charge is 2.40. The van der Waals surface area contributed by atoms with E-state index >= 15 is 0 Å². The molecule has 1 aromatic rings. The summed E-state index contributed by atoms with van der Waals surface area (Å²) in [7, 11) is 0. The predicted molar refractivity (Wildman–Crippen MR) is 84.0 cm³/mol. The van der Waals surface area contributed by atoms with Crippen molar-refractivity contribution in [2.75, 3.05) is 19.6 Å². The summed E-state index contributed by atoms with van der Waals surface area (Å²) in [6.45, 7) is 10.1. The maximum atomic E-state index is 13.6. The largest absolute Gasteiger partial charge is 0.367 e. The minimum atomic E-state index is -0.331. The molecule has 1 aliphatic heterocycles. The molecule has 1 atom stereocenters. The van der Waals surface area contributed by atoms with E-state index in [1.54, 1.807) is 6.07 Å². The van der Waals surface area contributed by atoms with Crippen LogP contribution in [0.5, 0.6) is 0 Å². The smallest absolute Gasteiger partial charge is 0.125 e. The summed E-state index contributed by atoms with van der Waals surface area (Å²) >= 11 is 5.98. The lowest BCUT2D eigenvalue weighted by Crippen LogP contribution is -2.58. The average molecular weight is 315 g/mol. The Kier molecular flexibility index (Phi) is 4.64. The van der Waals surface area contributed by atoms with Gasteiger partial charge >= 0.3 is 0 Å². The van der Waals surface area contributed by atoms with Gasteiger partial charge in [0, 0.05) is 30.7 Å². The van der Waals surface area contributed by atoms with Crippen molar-refractivity contribution in [3.8, 4) is 0 Å². The van der Waals surface area contributed by atoms with Crippen LogP contribution < -0.4 is 5.73 Å². The van der Waals surface area contributed by atoms with E-state index in [0.29, 0.717) is 11.6 Å². The van der Waals surface area contributed by atoms with E-state index in [9.17, 15) is 4.39 Å². The normalized spacial score (nSPS) is 23.0. The molecule has 1 aromatic carbocycles. The Hall–Kier alpha value is -0.680. The first kappa shape index (κ1) is 16.7. The van der Waals surface area contributed by atoms with Crippen molar-refractivity contribution in [1.29, 1.82) is 0 Å². The Labute approximate surface area is 131 Å². The summed E-state index contributed by atoms with van der Waals surface area (Å²) in [4.78, 5) is 2.26. The van der Waals surface area contributed by atoms with Gasteiger partial charge in [-0.1, -0.05) is 11.6 Å². The van der Waals surface area contributed by atoms with Gasteiger partial charge < -0.3 is 10.5 Å². The molecule has 1 fully saturated rings. The van der Waals surface area contributed by atoms with E-state index in [0.717, 1.165) is 18.7 Å². The summed E-state index contributed by atoms with van der Waals surface area (Å²) in [6, 6.07) is 4.54. The molecule has 0 saturated carbocycles. The van der Waals surface area contributed by atoms with Crippen LogP contribution in [-0.2, 0) is 4.74 Å². The molecule has 0 amide bonds. The number of halogens is 2. The van der Waals surface area contributed by atoms with Gasteiger partial charge in [-0.2, -0.15) is 0 Å². The minimum Gasteiger partial charge on any atom is -0.367 e. The van der Waals surface area contributed by atoms with E-state index in [-0.39, 0.29) is 23.1 Å². The first-order valence-corrected chi connectivity index (χ1v) is 7.60. The first-order valence-electron chi connectivity index (χ1n) is 7.22. The summed E-state index contributed by atoms with van der Waals surface area (Å²) < 4.78 is 19.7. The first-order chi connectivity index (χ1) is 9.62. The van der Waals surface area contributed by atoms with E-state index in [2.05, 4.69) is 32.6 Å². The molecular weight excluding hydrogens is 291 g/mol. The number of morpholine rings is 1. The molecule has 5 heteroatoms. The lowest BCUT2D eigenvalue weighted by Gasteiger charge is -2.49. The number of hydrogen-bond donors (Lipinski definition) is 1. The second-order valence-electron chi connectivity index (χ2n) is 6.98. The molecule has 2 rings (SSSR count). The van der Waals surface area contributed by atoms with Crippen molar-refractivity contribution in [2.24, 2.45) is 5.73 Å². The van der Waals surface area contributed by atoms with Gasteiger partial charge in [0.15, 0.2) is 0 Å². The van der Waals surface area contributed by atoms with Gasteiger partial charge in [-0.15, -0.1) is 0 Å². The molecule has 0 aromatic heterocycles. The molecule has 0 bridgehead atoms. The van der Waals surface area contributed by atoms with Gasteiger partial charge in [0.2, 0.25) is 0 Å². The van der Waals surface area contributed by atoms with E-state index in [4.69, 9.17) is 22.1 Å². The van der Waals surface area contributed by atoms with Crippen LogP contribution in [0.15, 0.2) is 18.2 Å². The highest BCUT2D eigenvalue weighted by molar-refractivity contribution is 6.30. The van der Waals surface area contributed by atoms with Crippen molar-refractivity contribution < 1.29 is 9.13 Å². The van der Waals surface area contributed by atoms with Crippen LogP contribution in [0.2, 0.25) is 5.02 Å². The Morgan fingerprint density at radius 3 is 2.29 bits per heavy atom. The lowest BCUT2D eigenvalue weighted by atomic mass is 9.95. The van der Waals surface area contributed by atoms with Crippen LogP contribution in [0.3, 0.4) is 0 Å². The van der Waals surface area contributed by atoms with Crippen LogP contribution in [-0.4, -0.2) is 35.7 Å². The standard InChI is InChI=1S/C16H24ClFN2O/c1-15(2)9-20(10-16(3,4)21-15)14(8-19)11-5-12(17)7-13(18)6-11/h5-7,14H,8-10,19H2,1-4H3. The molecule has 0 radical (unpaired) electrons. The molecule has 118 valence electrons. The summed E-state index contributed by atoms with van der Waals surface area (Å²) in [5.41, 5.74) is 6.24. The number of hydrogen-bond acceptors (Lipinski definition) is 3. The molecule has 1 heterocycles. The van der Waals surface area contributed by atoms with Gasteiger partial charge in [-0.25, -0.2) is 4.39 Å². The Morgan fingerprint density at radius 2 is 1.81 bits per heavy atom. The third kappa shape index (κ3) is 4.16. The number of rotatable bonds is 3. The SMILES string of the molecule is CC1(C)CN(C(CN)c2cc(F)cc(Cl)c2)CC(C)(C)O1. The van der Waals surface area contributed by atoms with Crippen molar-refractivity contribution in [3.05, 3.63) is 34.6 Å². The van der Waals surface area contributed by atoms with Gasteiger partial charge in [0.1, 0.15) is 5.82 Å². The highest BCUT2D eigenvalue weighted by Crippen LogP contribution is 2.34. The monoisotopic (exact) mass is 314 g/mol. The second-order valence-corrected chi connectivity index (χ2v) is 7.42. The maximum absolute atomic E-state index is 13.6. The van der Waals surface area contributed by atoms with Crippen LogP contribution in [0.1, 0.15) is 39.3 Å². The van der Waals surface area contributed by atoms with E-state index in [1.807, 2.05) is 0 Å². The van der Waals surface area contributed by atoms with Crippen molar-refractivity contribution in [1.82, 2.24) is 4.90 Å². The zero-order valence-electron chi connectivity index (χ0n) is 13.1. The zero-order chi connectivity index (χ0) is 15.8. The zero-order valence-corrected chi connectivity index (χ0v) is 13.9. The summed E-state index contributed by atoms with van der Waals surface area (Å²) in [5.74, 6) is -0.331. The molecule has 3 nitrogen and oxygen atoms in total. The van der Waals surface area contributed by atoms with Crippen LogP contribution in [0, 0.1) is 5.82 Å². The quantitative estimate of drug-likeness (QED) is 0.929.